The number of hydrogen-bond donors (Lipinski definition) is 2. The summed E-state index contributed by atoms with van der Waals surface area (Å²) in [7, 11) is -0.0802. The molecule has 1 unspecified atom stereocenters. The Hall–Kier alpha value is -0.960. The number of aromatic nitrogens is 2. The number of hydrogen-bond acceptors (Lipinski definition) is 5. The maximum atomic E-state index is 12.7. The van der Waals surface area contributed by atoms with E-state index in [1.54, 1.807) is 20.4 Å². The van der Waals surface area contributed by atoms with Crippen molar-refractivity contribution >= 4 is 10.0 Å². The standard InChI is InChI=1S/C12H22N4O3S/c1-13-6-11-7-14-15-12(11)20(17,18)16-5-3-4-10(8-16)9-19-2/h7,10,13H,3-6,8-9H2,1-2H3,(H,14,15). The molecule has 2 heterocycles. The first-order valence-electron chi connectivity index (χ1n) is 6.75. The van der Waals surface area contributed by atoms with E-state index >= 15 is 0 Å². The van der Waals surface area contributed by atoms with Crippen molar-refractivity contribution in [2.24, 2.45) is 5.92 Å². The molecule has 20 heavy (non-hydrogen) atoms. The van der Waals surface area contributed by atoms with Crippen molar-refractivity contribution in [3.63, 3.8) is 0 Å². The van der Waals surface area contributed by atoms with Crippen LogP contribution in [0.4, 0.5) is 0 Å². The number of ether oxygens (including phenoxy) is 1. The lowest BCUT2D eigenvalue weighted by Crippen LogP contribution is -2.41. The van der Waals surface area contributed by atoms with Gasteiger partial charge >= 0.3 is 0 Å². The molecule has 1 aromatic rings. The lowest BCUT2D eigenvalue weighted by molar-refractivity contribution is 0.118. The third kappa shape index (κ3) is 3.20. The molecule has 1 aliphatic heterocycles. The molecule has 0 spiro atoms. The summed E-state index contributed by atoms with van der Waals surface area (Å²) in [6, 6.07) is 0. The minimum Gasteiger partial charge on any atom is -0.384 e. The van der Waals surface area contributed by atoms with Gasteiger partial charge in [0.25, 0.3) is 10.0 Å². The second-order valence-electron chi connectivity index (χ2n) is 5.08. The van der Waals surface area contributed by atoms with Gasteiger partial charge in [-0.25, -0.2) is 8.42 Å². The molecule has 0 amide bonds. The third-order valence-corrected chi connectivity index (χ3v) is 5.41. The van der Waals surface area contributed by atoms with Gasteiger partial charge in [-0.2, -0.15) is 9.40 Å². The van der Waals surface area contributed by atoms with Crippen LogP contribution in [0.2, 0.25) is 0 Å². The zero-order valence-corrected chi connectivity index (χ0v) is 12.7. The van der Waals surface area contributed by atoms with Gasteiger partial charge in [0.1, 0.15) is 0 Å². The fraction of sp³-hybridized carbons (Fsp3) is 0.750. The van der Waals surface area contributed by atoms with E-state index in [0.717, 1.165) is 12.8 Å². The second-order valence-corrected chi connectivity index (χ2v) is 6.96. The van der Waals surface area contributed by atoms with Crippen molar-refractivity contribution < 1.29 is 13.2 Å². The average Bonchev–Trinajstić information content (AvgIpc) is 2.89. The zero-order chi connectivity index (χ0) is 14.6. The smallest absolute Gasteiger partial charge is 0.260 e. The largest absolute Gasteiger partial charge is 0.384 e. The van der Waals surface area contributed by atoms with Gasteiger partial charge in [0.15, 0.2) is 5.03 Å². The monoisotopic (exact) mass is 302 g/mol. The van der Waals surface area contributed by atoms with E-state index in [-0.39, 0.29) is 10.9 Å². The highest BCUT2D eigenvalue weighted by molar-refractivity contribution is 7.89. The summed E-state index contributed by atoms with van der Waals surface area (Å²) in [5.74, 6) is 0.263. The van der Waals surface area contributed by atoms with Gasteiger partial charge in [0, 0.05) is 32.3 Å². The highest BCUT2D eigenvalue weighted by Crippen LogP contribution is 2.24. The van der Waals surface area contributed by atoms with Crippen LogP contribution in [0.15, 0.2) is 11.2 Å². The van der Waals surface area contributed by atoms with Gasteiger partial charge in [-0.05, 0) is 25.8 Å². The molecule has 0 saturated carbocycles. The molecule has 0 aliphatic carbocycles. The summed E-state index contributed by atoms with van der Waals surface area (Å²) in [5, 5.41) is 9.64. The van der Waals surface area contributed by atoms with Gasteiger partial charge in [-0.15, -0.1) is 0 Å². The Morgan fingerprint density at radius 3 is 3.10 bits per heavy atom. The molecule has 8 heteroatoms. The minimum atomic E-state index is -3.50. The molecule has 7 nitrogen and oxygen atoms in total. The maximum Gasteiger partial charge on any atom is 0.260 e. The molecule has 1 aliphatic rings. The van der Waals surface area contributed by atoms with Crippen molar-refractivity contribution in [2.75, 3.05) is 33.9 Å². The first-order chi connectivity index (χ1) is 9.59. The van der Waals surface area contributed by atoms with Crippen LogP contribution < -0.4 is 5.32 Å². The van der Waals surface area contributed by atoms with E-state index in [2.05, 4.69) is 15.5 Å². The summed E-state index contributed by atoms with van der Waals surface area (Å²) < 4.78 is 32.0. The average molecular weight is 302 g/mol. The van der Waals surface area contributed by atoms with Crippen LogP contribution in [-0.4, -0.2) is 56.8 Å². The van der Waals surface area contributed by atoms with E-state index < -0.39 is 10.0 Å². The predicted octanol–water partition coefficient (Wildman–Crippen LogP) is 0.176. The molecular formula is C12H22N4O3S. The molecule has 1 saturated heterocycles. The topological polar surface area (TPSA) is 87.3 Å². The van der Waals surface area contributed by atoms with Gasteiger partial charge in [0.05, 0.1) is 12.8 Å². The van der Waals surface area contributed by atoms with E-state index in [4.69, 9.17) is 4.74 Å². The first-order valence-corrected chi connectivity index (χ1v) is 8.19. The Labute approximate surface area is 119 Å². The normalized spacial score (nSPS) is 21.2. The van der Waals surface area contributed by atoms with Crippen LogP contribution in [0.3, 0.4) is 0 Å². The van der Waals surface area contributed by atoms with E-state index in [1.165, 1.54) is 4.31 Å². The summed E-state index contributed by atoms with van der Waals surface area (Å²) in [6.45, 7) is 2.13. The number of H-pyrrole nitrogens is 1. The Balaban J connectivity index is 2.18. The molecule has 1 aromatic heterocycles. The number of methoxy groups -OCH3 is 1. The molecule has 2 rings (SSSR count). The van der Waals surface area contributed by atoms with Crippen LogP contribution in [-0.2, 0) is 21.3 Å². The molecule has 1 atom stereocenters. The number of sulfonamides is 1. The summed E-state index contributed by atoms with van der Waals surface area (Å²) in [4.78, 5) is 0. The van der Waals surface area contributed by atoms with Crippen molar-refractivity contribution in [1.82, 2.24) is 19.8 Å². The molecule has 114 valence electrons. The molecule has 2 N–H and O–H groups in total. The van der Waals surface area contributed by atoms with E-state index in [1.807, 2.05) is 0 Å². The predicted molar refractivity (Wildman–Crippen MR) is 74.7 cm³/mol. The maximum absolute atomic E-state index is 12.7. The van der Waals surface area contributed by atoms with Crippen LogP contribution in [0.25, 0.3) is 0 Å². The first kappa shape index (κ1) is 15.4. The summed E-state index contributed by atoms with van der Waals surface area (Å²) in [5.41, 5.74) is 0.668. The molecular weight excluding hydrogens is 280 g/mol. The van der Waals surface area contributed by atoms with Gasteiger partial charge in [-0.3, -0.25) is 5.10 Å². The summed E-state index contributed by atoms with van der Waals surface area (Å²) >= 11 is 0. The second kappa shape index (κ2) is 6.66. The lowest BCUT2D eigenvalue weighted by atomic mass is 10.0. The highest BCUT2D eigenvalue weighted by atomic mass is 32.2. The SMILES string of the molecule is CNCc1cn[nH]c1S(=O)(=O)N1CCCC(COC)C1. The Kier molecular flexibility index (Phi) is 5.14. The number of aromatic amines is 1. The fourth-order valence-corrected chi connectivity index (χ4v) is 4.24. The van der Waals surface area contributed by atoms with Crippen LogP contribution in [0.5, 0.6) is 0 Å². The Bertz CT molecular complexity index is 527. The zero-order valence-electron chi connectivity index (χ0n) is 11.9. The van der Waals surface area contributed by atoms with Crippen LogP contribution in [0.1, 0.15) is 18.4 Å². The molecule has 0 aromatic carbocycles. The number of piperidine rings is 1. The van der Waals surface area contributed by atoms with E-state index in [0.29, 0.717) is 31.8 Å². The third-order valence-electron chi connectivity index (χ3n) is 3.53. The van der Waals surface area contributed by atoms with Gasteiger partial charge in [0.2, 0.25) is 0 Å². The Morgan fingerprint density at radius 1 is 1.60 bits per heavy atom. The van der Waals surface area contributed by atoms with Gasteiger partial charge in [-0.1, -0.05) is 0 Å². The highest BCUT2D eigenvalue weighted by Gasteiger charge is 2.32. The Morgan fingerprint density at radius 2 is 2.40 bits per heavy atom. The number of rotatable bonds is 6. The summed E-state index contributed by atoms with van der Waals surface area (Å²) in [6.07, 6.45) is 3.43. The van der Waals surface area contributed by atoms with Crippen LogP contribution in [0, 0.1) is 5.92 Å². The lowest BCUT2D eigenvalue weighted by Gasteiger charge is -2.31. The van der Waals surface area contributed by atoms with Crippen molar-refractivity contribution in [3.8, 4) is 0 Å². The minimum absolute atomic E-state index is 0.199. The fourth-order valence-electron chi connectivity index (χ4n) is 2.58. The van der Waals surface area contributed by atoms with E-state index in [9.17, 15) is 8.42 Å². The molecule has 0 radical (unpaired) electrons. The molecule has 0 bridgehead atoms. The van der Waals surface area contributed by atoms with Crippen molar-refractivity contribution in [3.05, 3.63) is 11.8 Å². The van der Waals surface area contributed by atoms with Crippen molar-refractivity contribution in [1.29, 1.82) is 0 Å². The molecule has 1 fully saturated rings. The van der Waals surface area contributed by atoms with Gasteiger partial charge < -0.3 is 10.1 Å². The van der Waals surface area contributed by atoms with Crippen LogP contribution >= 0.6 is 0 Å². The quantitative estimate of drug-likeness (QED) is 0.782. The van der Waals surface area contributed by atoms with Crippen molar-refractivity contribution in [2.45, 2.75) is 24.4 Å². The number of nitrogens with one attached hydrogen (secondary N) is 2. The number of nitrogens with zero attached hydrogens (tertiary/aromatic N) is 2.